The van der Waals surface area contributed by atoms with Gasteiger partial charge < -0.3 is 10.3 Å². The summed E-state index contributed by atoms with van der Waals surface area (Å²) in [6.07, 6.45) is 1.78. The van der Waals surface area contributed by atoms with E-state index in [9.17, 15) is 4.79 Å². The van der Waals surface area contributed by atoms with Gasteiger partial charge in [0.25, 0.3) is 5.91 Å². The van der Waals surface area contributed by atoms with Gasteiger partial charge in [-0.2, -0.15) is 5.10 Å². The smallest absolute Gasteiger partial charge is 0.272 e. The van der Waals surface area contributed by atoms with Crippen molar-refractivity contribution in [3.63, 3.8) is 0 Å². The third-order valence-electron chi connectivity index (χ3n) is 3.59. The molecule has 3 aromatic rings. The molecule has 0 spiro atoms. The van der Waals surface area contributed by atoms with E-state index in [-0.39, 0.29) is 11.4 Å². The van der Waals surface area contributed by atoms with Crippen molar-refractivity contribution in [1.82, 2.24) is 25.1 Å². The van der Waals surface area contributed by atoms with Crippen molar-refractivity contribution in [3.8, 4) is 10.6 Å². The highest BCUT2D eigenvalue weighted by Crippen LogP contribution is 2.22. The molecule has 2 N–H and O–H groups in total. The van der Waals surface area contributed by atoms with Gasteiger partial charge in [-0.1, -0.05) is 6.07 Å². The van der Waals surface area contributed by atoms with Crippen LogP contribution in [0.4, 0.5) is 0 Å². The summed E-state index contributed by atoms with van der Waals surface area (Å²) in [7, 11) is 0. The number of H-pyrrole nitrogens is 1. The van der Waals surface area contributed by atoms with Crippen LogP contribution in [-0.2, 0) is 12.1 Å². The van der Waals surface area contributed by atoms with Crippen LogP contribution in [0.1, 0.15) is 42.8 Å². The second kappa shape index (κ2) is 6.24. The average molecular weight is 343 g/mol. The summed E-state index contributed by atoms with van der Waals surface area (Å²) >= 11 is 1.65. The number of amides is 1. The minimum Gasteiger partial charge on any atom is -0.343 e. The van der Waals surface area contributed by atoms with Gasteiger partial charge in [-0.15, -0.1) is 11.3 Å². The summed E-state index contributed by atoms with van der Waals surface area (Å²) in [5, 5.41) is 9.29. The summed E-state index contributed by atoms with van der Waals surface area (Å²) in [5.41, 5.74) is 2.19. The molecule has 24 heavy (non-hydrogen) atoms. The number of hydrogen-bond donors (Lipinski definition) is 2. The molecule has 6 nitrogen and oxygen atoms in total. The Labute approximate surface area is 144 Å². The number of carbonyl (C=O) groups excluding carboxylic acids is 1. The minimum atomic E-state index is -0.199. The zero-order valence-electron chi connectivity index (χ0n) is 14.3. The Morgan fingerprint density at radius 2 is 2.21 bits per heavy atom. The lowest BCUT2D eigenvalue weighted by atomic mass is 10.1. The average Bonchev–Trinajstić information content (AvgIpc) is 3.23. The van der Waals surface area contributed by atoms with E-state index in [1.54, 1.807) is 23.6 Å². The number of aromatic nitrogens is 4. The number of nitrogens with one attached hydrogen (secondary N) is 2. The quantitative estimate of drug-likeness (QED) is 0.763. The van der Waals surface area contributed by atoms with E-state index >= 15 is 0 Å². The molecule has 3 rings (SSSR count). The first-order chi connectivity index (χ1) is 11.3. The largest absolute Gasteiger partial charge is 0.343 e. The molecule has 0 aliphatic carbocycles. The van der Waals surface area contributed by atoms with E-state index in [0.717, 1.165) is 22.1 Å². The predicted octanol–water partition coefficient (Wildman–Crippen LogP) is 3.33. The first-order valence-corrected chi connectivity index (χ1v) is 8.65. The number of imidazole rings is 1. The van der Waals surface area contributed by atoms with Crippen LogP contribution in [-0.4, -0.2) is 25.7 Å². The number of hydrogen-bond acceptors (Lipinski definition) is 4. The Morgan fingerprint density at radius 3 is 2.83 bits per heavy atom. The molecule has 3 aromatic heterocycles. The lowest BCUT2D eigenvalue weighted by Crippen LogP contribution is -2.27. The van der Waals surface area contributed by atoms with E-state index in [4.69, 9.17) is 0 Å². The number of rotatable bonds is 4. The van der Waals surface area contributed by atoms with E-state index in [0.29, 0.717) is 12.2 Å². The Kier molecular flexibility index (Phi) is 4.28. The van der Waals surface area contributed by atoms with Crippen molar-refractivity contribution in [2.24, 2.45) is 0 Å². The first-order valence-electron chi connectivity index (χ1n) is 7.78. The molecule has 0 aliphatic rings. The highest BCUT2D eigenvalue weighted by atomic mass is 32.1. The lowest BCUT2D eigenvalue weighted by molar-refractivity contribution is 0.0943. The van der Waals surface area contributed by atoms with Crippen LogP contribution >= 0.6 is 11.3 Å². The van der Waals surface area contributed by atoms with Gasteiger partial charge in [0.2, 0.25) is 0 Å². The summed E-state index contributed by atoms with van der Waals surface area (Å²) in [6.45, 7) is 8.47. The van der Waals surface area contributed by atoms with Crippen LogP contribution in [0.15, 0.2) is 29.8 Å². The minimum absolute atomic E-state index is 0.154. The summed E-state index contributed by atoms with van der Waals surface area (Å²) in [4.78, 5) is 21.0. The van der Waals surface area contributed by atoms with Crippen LogP contribution in [0.5, 0.6) is 0 Å². The topological polar surface area (TPSA) is 75.6 Å². The van der Waals surface area contributed by atoms with Gasteiger partial charge in [-0.3, -0.25) is 9.48 Å². The summed E-state index contributed by atoms with van der Waals surface area (Å²) in [6, 6.07) is 5.83. The van der Waals surface area contributed by atoms with Crippen LogP contribution in [0.2, 0.25) is 0 Å². The van der Waals surface area contributed by atoms with Crippen molar-refractivity contribution in [2.75, 3.05) is 0 Å². The van der Waals surface area contributed by atoms with Crippen molar-refractivity contribution >= 4 is 17.2 Å². The van der Waals surface area contributed by atoms with E-state index in [2.05, 4.69) is 41.2 Å². The molecule has 3 heterocycles. The molecule has 0 atom stereocenters. The van der Waals surface area contributed by atoms with Gasteiger partial charge >= 0.3 is 0 Å². The van der Waals surface area contributed by atoms with Gasteiger partial charge in [0.05, 0.1) is 28.9 Å². The summed E-state index contributed by atoms with van der Waals surface area (Å²) < 4.78 is 1.86. The second-order valence-electron chi connectivity index (χ2n) is 6.66. The molecule has 7 heteroatoms. The molecule has 1 amide bonds. The van der Waals surface area contributed by atoms with Crippen molar-refractivity contribution in [2.45, 2.75) is 39.8 Å². The zero-order valence-corrected chi connectivity index (χ0v) is 15.1. The van der Waals surface area contributed by atoms with Crippen LogP contribution in [0.3, 0.4) is 0 Å². The monoisotopic (exact) mass is 343 g/mol. The van der Waals surface area contributed by atoms with Crippen LogP contribution in [0.25, 0.3) is 10.6 Å². The van der Waals surface area contributed by atoms with Gasteiger partial charge in [0.1, 0.15) is 11.5 Å². The van der Waals surface area contributed by atoms with E-state index in [1.807, 2.05) is 29.1 Å². The molecule has 0 saturated heterocycles. The number of aromatic amines is 1. The predicted molar refractivity (Wildman–Crippen MR) is 95.0 cm³/mol. The summed E-state index contributed by atoms with van der Waals surface area (Å²) in [5.74, 6) is 0.522. The van der Waals surface area contributed by atoms with Gasteiger partial charge in [-0.25, -0.2) is 4.98 Å². The molecule has 0 radical (unpaired) electrons. The standard InChI is InChI=1S/C17H21N5OS/c1-11-8-12(21-22(11)17(2,3)4)16(23)19-10-15-18-9-13(20-15)14-6-5-7-24-14/h5-9H,10H2,1-4H3,(H,18,20)(H,19,23). The highest BCUT2D eigenvalue weighted by Gasteiger charge is 2.20. The van der Waals surface area contributed by atoms with Crippen LogP contribution in [0, 0.1) is 6.92 Å². The molecule has 0 aliphatic heterocycles. The fourth-order valence-corrected chi connectivity index (χ4v) is 3.22. The number of thiophene rings is 1. The SMILES string of the molecule is Cc1cc(C(=O)NCc2ncc(-c3cccs3)[nH]2)nn1C(C)(C)C. The molecular formula is C17H21N5OS. The van der Waals surface area contributed by atoms with Crippen LogP contribution < -0.4 is 5.32 Å². The van der Waals surface area contributed by atoms with Gasteiger partial charge in [0.15, 0.2) is 0 Å². The molecular weight excluding hydrogens is 322 g/mol. The number of carbonyl (C=O) groups is 1. The van der Waals surface area contributed by atoms with Crippen molar-refractivity contribution in [3.05, 3.63) is 47.0 Å². The Morgan fingerprint density at radius 1 is 1.42 bits per heavy atom. The fourth-order valence-electron chi connectivity index (χ4n) is 2.53. The number of nitrogens with zero attached hydrogens (tertiary/aromatic N) is 3. The third-order valence-corrected chi connectivity index (χ3v) is 4.49. The third kappa shape index (κ3) is 3.41. The molecule has 126 valence electrons. The first kappa shape index (κ1) is 16.4. The molecule has 0 fully saturated rings. The Hall–Kier alpha value is -2.41. The lowest BCUT2D eigenvalue weighted by Gasteiger charge is -2.21. The van der Waals surface area contributed by atoms with Gasteiger partial charge in [0, 0.05) is 5.69 Å². The number of aryl methyl sites for hydroxylation is 1. The van der Waals surface area contributed by atoms with E-state index in [1.165, 1.54) is 0 Å². The maximum atomic E-state index is 12.3. The Bertz CT molecular complexity index is 839. The molecule has 0 aromatic carbocycles. The molecule has 0 bridgehead atoms. The Balaban J connectivity index is 1.66. The highest BCUT2D eigenvalue weighted by molar-refractivity contribution is 7.13. The van der Waals surface area contributed by atoms with Crippen molar-refractivity contribution < 1.29 is 4.79 Å². The maximum absolute atomic E-state index is 12.3. The zero-order chi connectivity index (χ0) is 17.3. The maximum Gasteiger partial charge on any atom is 0.272 e. The van der Waals surface area contributed by atoms with E-state index < -0.39 is 0 Å². The molecule has 0 unspecified atom stereocenters. The fraction of sp³-hybridized carbons (Fsp3) is 0.353. The van der Waals surface area contributed by atoms with Crippen molar-refractivity contribution in [1.29, 1.82) is 0 Å². The second-order valence-corrected chi connectivity index (χ2v) is 7.60. The van der Waals surface area contributed by atoms with Gasteiger partial charge in [-0.05, 0) is 45.2 Å². The molecule has 0 saturated carbocycles. The normalized spacial score (nSPS) is 11.7.